The van der Waals surface area contributed by atoms with Gasteiger partial charge >= 0.3 is 0 Å². The number of piperazine rings is 2. The normalized spacial score (nSPS) is 20.7. The number of hydrogen-bond acceptors (Lipinski definition) is 6. The SMILES string of the molecule is CC(C)(C)c1ccc(-c2ccc(N3CCN(CC(=O)N4CCN(C5CCC5)CC4)CC3)nn2)cc1. The van der Waals surface area contributed by atoms with Crippen LogP contribution in [0.5, 0.6) is 0 Å². The smallest absolute Gasteiger partial charge is 0.236 e. The average Bonchev–Trinajstić information content (AvgIpc) is 2.84. The summed E-state index contributed by atoms with van der Waals surface area (Å²) in [5, 5.41) is 9.02. The van der Waals surface area contributed by atoms with Gasteiger partial charge in [0.15, 0.2) is 5.82 Å². The minimum absolute atomic E-state index is 0.144. The molecule has 1 aliphatic carbocycles. The number of hydrogen-bond donors (Lipinski definition) is 0. The van der Waals surface area contributed by atoms with E-state index in [9.17, 15) is 4.79 Å². The molecule has 7 nitrogen and oxygen atoms in total. The van der Waals surface area contributed by atoms with Crippen molar-refractivity contribution in [2.75, 3.05) is 63.8 Å². The number of anilines is 1. The molecule has 3 heterocycles. The van der Waals surface area contributed by atoms with E-state index in [1.54, 1.807) is 0 Å². The highest BCUT2D eigenvalue weighted by Gasteiger charge is 2.30. The van der Waals surface area contributed by atoms with Crippen molar-refractivity contribution in [3.05, 3.63) is 42.0 Å². The monoisotopic (exact) mass is 476 g/mol. The molecule has 7 heteroatoms. The molecule has 5 rings (SSSR count). The largest absolute Gasteiger partial charge is 0.353 e. The Morgan fingerprint density at radius 3 is 2.09 bits per heavy atom. The van der Waals surface area contributed by atoms with Crippen molar-refractivity contribution in [2.45, 2.75) is 51.5 Å². The maximum atomic E-state index is 12.9. The van der Waals surface area contributed by atoms with Crippen LogP contribution in [0.3, 0.4) is 0 Å². The van der Waals surface area contributed by atoms with Crippen molar-refractivity contribution in [1.29, 1.82) is 0 Å². The highest BCUT2D eigenvalue weighted by Crippen LogP contribution is 2.27. The molecule has 1 amide bonds. The molecule has 188 valence electrons. The zero-order valence-electron chi connectivity index (χ0n) is 21.6. The molecule has 3 fully saturated rings. The Morgan fingerprint density at radius 2 is 1.54 bits per heavy atom. The molecule has 0 bridgehead atoms. The van der Waals surface area contributed by atoms with Crippen molar-refractivity contribution in [2.24, 2.45) is 0 Å². The first-order valence-corrected chi connectivity index (χ1v) is 13.3. The highest BCUT2D eigenvalue weighted by atomic mass is 16.2. The third-order valence-electron chi connectivity index (χ3n) is 8.01. The Morgan fingerprint density at radius 1 is 0.857 bits per heavy atom. The van der Waals surface area contributed by atoms with Crippen LogP contribution in [0.1, 0.15) is 45.6 Å². The van der Waals surface area contributed by atoms with Crippen molar-refractivity contribution < 1.29 is 4.79 Å². The van der Waals surface area contributed by atoms with Crippen LogP contribution in [0.25, 0.3) is 11.3 Å². The lowest BCUT2D eigenvalue weighted by atomic mass is 9.86. The summed E-state index contributed by atoms with van der Waals surface area (Å²) in [7, 11) is 0. The van der Waals surface area contributed by atoms with Gasteiger partial charge in [-0.2, -0.15) is 0 Å². The van der Waals surface area contributed by atoms with Gasteiger partial charge in [-0.15, -0.1) is 10.2 Å². The lowest BCUT2D eigenvalue weighted by Gasteiger charge is -2.43. The molecule has 0 unspecified atom stereocenters. The van der Waals surface area contributed by atoms with Crippen molar-refractivity contribution >= 4 is 11.7 Å². The summed E-state index contributed by atoms with van der Waals surface area (Å²) in [5.74, 6) is 1.20. The average molecular weight is 477 g/mol. The van der Waals surface area contributed by atoms with E-state index >= 15 is 0 Å². The van der Waals surface area contributed by atoms with Gasteiger partial charge in [0.05, 0.1) is 12.2 Å². The molecule has 0 atom stereocenters. The summed E-state index contributed by atoms with van der Waals surface area (Å²) in [4.78, 5) is 22.1. The molecular formula is C28H40N6O. The number of rotatable bonds is 5. The molecule has 2 aliphatic heterocycles. The van der Waals surface area contributed by atoms with Crippen molar-refractivity contribution in [3.63, 3.8) is 0 Å². The lowest BCUT2D eigenvalue weighted by Crippen LogP contribution is -2.56. The summed E-state index contributed by atoms with van der Waals surface area (Å²) in [6.07, 6.45) is 4.06. The third kappa shape index (κ3) is 5.67. The van der Waals surface area contributed by atoms with Crippen LogP contribution < -0.4 is 4.90 Å². The molecule has 0 spiro atoms. The van der Waals surface area contributed by atoms with E-state index in [0.29, 0.717) is 6.54 Å². The van der Waals surface area contributed by atoms with Crippen molar-refractivity contribution in [3.8, 4) is 11.3 Å². The van der Waals surface area contributed by atoms with Crippen LogP contribution in [0, 0.1) is 0 Å². The van der Waals surface area contributed by atoms with Gasteiger partial charge in [-0.1, -0.05) is 51.5 Å². The number of benzene rings is 1. The molecule has 1 saturated carbocycles. The Labute approximate surface area is 210 Å². The molecule has 0 radical (unpaired) electrons. The van der Waals surface area contributed by atoms with Crippen LogP contribution in [0.15, 0.2) is 36.4 Å². The van der Waals surface area contributed by atoms with E-state index in [4.69, 9.17) is 0 Å². The van der Waals surface area contributed by atoms with Crippen molar-refractivity contribution in [1.82, 2.24) is 24.9 Å². The Hall–Kier alpha value is -2.51. The zero-order chi connectivity index (χ0) is 24.4. The van der Waals surface area contributed by atoms with Crippen LogP contribution in [0.2, 0.25) is 0 Å². The van der Waals surface area contributed by atoms with Gasteiger partial charge in [-0.05, 0) is 36.0 Å². The predicted molar refractivity (Wildman–Crippen MR) is 141 cm³/mol. The van der Waals surface area contributed by atoms with Crippen LogP contribution in [0.4, 0.5) is 5.82 Å². The Bertz CT molecular complexity index is 980. The van der Waals surface area contributed by atoms with Gasteiger partial charge in [0.1, 0.15) is 0 Å². The summed E-state index contributed by atoms with van der Waals surface area (Å²) in [6.45, 7) is 14.6. The maximum absolute atomic E-state index is 12.9. The fourth-order valence-electron chi connectivity index (χ4n) is 5.30. The predicted octanol–water partition coefficient (Wildman–Crippen LogP) is 3.26. The maximum Gasteiger partial charge on any atom is 0.236 e. The zero-order valence-corrected chi connectivity index (χ0v) is 21.6. The molecule has 1 aromatic carbocycles. The van der Waals surface area contributed by atoms with E-state index in [-0.39, 0.29) is 11.3 Å². The first kappa shape index (κ1) is 24.2. The minimum Gasteiger partial charge on any atom is -0.353 e. The highest BCUT2D eigenvalue weighted by molar-refractivity contribution is 5.78. The Kier molecular flexibility index (Phi) is 7.07. The van der Waals surface area contributed by atoms with E-state index in [0.717, 1.165) is 75.5 Å². The fraction of sp³-hybridized carbons (Fsp3) is 0.607. The van der Waals surface area contributed by atoms with Gasteiger partial charge in [0, 0.05) is 64.0 Å². The van der Waals surface area contributed by atoms with Gasteiger partial charge in [0.25, 0.3) is 0 Å². The van der Waals surface area contributed by atoms with Gasteiger partial charge in [0.2, 0.25) is 5.91 Å². The third-order valence-corrected chi connectivity index (χ3v) is 8.01. The molecule has 1 aromatic heterocycles. The molecule has 35 heavy (non-hydrogen) atoms. The molecular weight excluding hydrogens is 436 g/mol. The number of nitrogens with zero attached hydrogens (tertiary/aromatic N) is 6. The summed E-state index contributed by atoms with van der Waals surface area (Å²) in [5.41, 5.74) is 3.45. The lowest BCUT2D eigenvalue weighted by molar-refractivity contribution is -0.134. The first-order valence-electron chi connectivity index (χ1n) is 13.3. The Balaban J connectivity index is 1.08. The van der Waals surface area contributed by atoms with E-state index in [2.05, 4.69) is 87.0 Å². The van der Waals surface area contributed by atoms with Gasteiger partial charge in [-0.25, -0.2) is 0 Å². The summed E-state index contributed by atoms with van der Waals surface area (Å²) >= 11 is 0. The molecule has 0 N–H and O–H groups in total. The quantitative estimate of drug-likeness (QED) is 0.660. The number of carbonyl (C=O) groups is 1. The van der Waals surface area contributed by atoms with Gasteiger partial charge in [-0.3, -0.25) is 14.6 Å². The van der Waals surface area contributed by atoms with Crippen LogP contribution >= 0.6 is 0 Å². The van der Waals surface area contributed by atoms with E-state index in [1.807, 2.05) is 0 Å². The molecule has 2 aromatic rings. The standard InChI is InChI=1S/C28H40N6O/c1-28(2,3)23-9-7-22(8-10-23)25-11-12-26(30-29-25)33-15-13-31(14-16-33)21-27(35)34-19-17-32(18-20-34)24-5-4-6-24/h7-12,24H,4-6,13-21H2,1-3H3. The number of carbonyl (C=O) groups excluding carboxylic acids is 1. The number of aromatic nitrogens is 2. The molecule has 2 saturated heterocycles. The second kappa shape index (κ2) is 10.2. The fourth-order valence-corrected chi connectivity index (χ4v) is 5.30. The second-order valence-electron chi connectivity index (χ2n) is 11.4. The van der Waals surface area contributed by atoms with Gasteiger partial charge < -0.3 is 9.80 Å². The molecule has 3 aliphatic rings. The van der Waals surface area contributed by atoms with Crippen LogP contribution in [-0.4, -0.2) is 95.7 Å². The second-order valence-corrected chi connectivity index (χ2v) is 11.4. The summed E-state index contributed by atoms with van der Waals surface area (Å²) < 4.78 is 0. The van der Waals surface area contributed by atoms with E-state index in [1.165, 1.54) is 24.8 Å². The number of amides is 1. The minimum atomic E-state index is 0.144. The summed E-state index contributed by atoms with van der Waals surface area (Å²) in [6, 6.07) is 13.5. The van der Waals surface area contributed by atoms with Crippen LogP contribution in [-0.2, 0) is 10.2 Å². The van der Waals surface area contributed by atoms with E-state index < -0.39 is 0 Å². The first-order chi connectivity index (χ1) is 16.9. The topological polar surface area (TPSA) is 55.8 Å².